The van der Waals surface area contributed by atoms with Crippen molar-refractivity contribution in [2.24, 2.45) is 0 Å². The molecule has 0 spiro atoms. The first kappa shape index (κ1) is 24.4. The van der Waals surface area contributed by atoms with Gasteiger partial charge in [-0.1, -0.05) is 49.9 Å². The lowest BCUT2D eigenvalue weighted by molar-refractivity contribution is -0.113. The van der Waals surface area contributed by atoms with Crippen LogP contribution in [0.4, 0.5) is 5.69 Å². The third-order valence-electron chi connectivity index (χ3n) is 4.94. The van der Waals surface area contributed by atoms with Gasteiger partial charge in [-0.15, -0.1) is 16.8 Å². The van der Waals surface area contributed by atoms with Crippen LogP contribution in [-0.2, 0) is 17.9 Å². The Morgan fingerprint density at radius 3 is 2.79 bits per heavy atom. The average Bonchev–Trinajstić information content (AvgIpc) is 3.18. The molecule has 0 saturated heterocycles. The number of carbonyl (C=O) groups excluding carboxylic acids is 1. The van der Waals surface area contributed by atoms with E-state index in [1.165, 1.54) is 11.8 Å². The lowest BCUT2D eigenvalue weighted by atomic mass is 10.0. The van der Waals surface area contributed by atoms with E-state index in [1.54, 1.807) is 19.3 Å². The Morgan fingerprint density at radius 2 is 2.06 bits per heavy atom. The molecule has 1 amide bonds. The molecule has 0 aliphatic heterocycles. The second-order valence-electron chi connectivity index (χ2n) is 7.85. The molecule has 3 aromatic rings. The van der Waals surface area contributed by atoms with Crippen LogP contribution in [0.1, 0.15) is 36.7 Å². The van der Waals surface area contributed by atoms with Crippen LogP contribution in [0.3, 0.4) is 0 Å². The number of carbonyl (C=O) groups is 1. The maximum Gasteiger partial charge on any atom is 0.234 e. The van der Waals surface area contributed by atoms with Crippen LogP contribution in [0, 0.1) is 6.92 Å². The molecule has 174 valence electrons. The minimum Gasteiger partial charge on any atom is -0.497 e. The standard InChI is InChI=1S/C25H30N4O3S/c1-6-12-29-23(15-32-22-13-18(4)10-11-21(22)17(2)3)27-28-25(29)33-16-24(30)26-19-8-7-9-20(14-19)31-5/h6-11,13-14,17H,1,12,15-16H2,2-5H3,(H,26,30). The van der Waals surface area contributed by atoms with Crippen molar-refractivity contribution in [1.82, 2.24) is 14.8 Å². The highest BCUT2D eigenvalue weighted by molar-refractivity contribution is 7.99. The highest BCUT2D eigenvalue weighted by atomic mass is 32.2. The van der Waals surface area contributed by atoms with Gasteiger partial charge in [-0.3, -0.25) is 9.36 Å². The van der Waals surface area contributed by atoms with E-state index in [1.807, 2.05) is 35.8 Å². The minimum atomic E-state index is -0.138. The van der Waals surface area contributed by atoms with E-state index < -0.39 is 0 Å². The maximum atomic E-state index is 12.4. The predicted octanol–water partition coefficient (Wildman–Crippen LogP) is 5.21. The second-order valence-corrected chi connectivity index (χ2v) is 8.79. The summed E-state index contributed by atoms with van der Waals surface area (Å²) in [5, 5.41) is 12.1. The van der Waals surface area contributed by atoms with Crippen molar-refractivity contribution in [3.63, 3.8) is 0 Å². The van der Waals surface area contributed by atoms with Gasteiger partial charge >= 0.3 is 0 Å². The Hall–Kier alpha value is -3.26. The van der Waals surface area contributed by atoms with Gasteiger partial charge in [0.25, 0.3) is 0 Å². The van der Waals surface area contributed by atoms with Crippen LogP contribution in [0.5, 0.6) is 11.5 Å². The zero-order valence-corrected chi connectivity index (χ0v) is 20.3. The number of hydrogen-bond acceptors (Lipinski definition) is 6. The van der Waals surface area contributed by atoms with Crippen LogP contribution in [0.2, 0.25) is 0 Å². The topological polar surface area (TPSA) is 78.3 Å². The Morgan fingerprint density at radius 1 is 1.24 bits per heavy atom. The van der Waals surface area contributed by atoms with Crippen molar-refractivity contribution in [1.29, 1.82) is 0 Å². The molecule has 0 aliphatic rings. The second kappa shape index (κ2) is 11.6. The van der Waals surface area contributed by atoms with Crippen LogP contribution < -0.4 is 14.8 Å². The summed E-state index contributed by atoms with van der Waals surface area (Å²) >= 11 is 1.32. The van der Waals surface area contributed by atoms with Crippen LogP contribution >= 0.6 is 11.8 Å². The number of nitrogens with zero attached hydrogens (tertiary/aromatic N) is 3. The van der Waals surface area contributed by atoms with Gasteiger partial charge < -0.3 is 14.8 Å². The fourth-order valence-electron chi connectivity index (χ4n) is 3.26. The number of hydrogen-bond donors (Lipinski definition) is 1. The monoisotopic (exact) mass is 466 g/mol. The number of allylic oxidation sites excluding steroid dienone is 1. The molecule has 0 aliphatic carbocycles. The molecule has 8 heteroatoms. The molecule has 0 atom stereocenters. The molecule has 0 fully saturated rings. The molecule has 0 unspecified atom stereocenters. The van der Waals surface area contributed by atoms with Crippen molar-refractivity contribution in [3.05, 3.63) is 72.1 Å². The quantitative estimate of drug-likeness (QED) is 0.309. The molecule has 0 bridgehead atoms. The number of amides is 1. The molecular weight excluding hydrogens is 436 g/mol. The highest BCUT2D eigenvalue weighted by Crippen LogP contribution is 2.28. The highest BCUT2D eigenvalue weighted by Gasteiger charge is 2.16. The Labute approximate surface area is 199 Å². The summed E-state index contributed by atoms with van der Waals surface area (Å²) in [6.45, 7) is 11.0. The number of aromatic nitrogens is 3. The third-order valence-corrected chi connectivity index (χ3v) is 5.91. The summed E-state index contributed by atoms with van der Waals surface area (Å²) in [7, 11) is 1.59. The van der Waals surface area contributed by atoms with Gasteiger partial charge in [0.15, 0.2) is 11.0 Å². The van der Waals surface area contributed by atoms with Crippen molar-refractivity contribution < 1.29 is 14.3 Å². The fraction of sp³-hybridized carbons (Fsp3) is 0.320. The van der Waals surface area contributed by atoms with Gasteiger partial charge in [-0.25, -0.2) is 0 Å². The van der Waals surface area contributed by atoms with E-state index in [4.69, 9.17) is 9.47 Å². The molecule has 1 N–H and O–H groups in total. The van der Waals surface area contributed by atoms with Gasteiger partial charge in [0, 0.05) is 18.3 Å². The van der Waals surface area contributed by atoms with Gasteiger partial charge in [0.2, 0.25) is 5.91 Å². The number of nitrogens with one attached hydrogen (secondary N) is 1. The molecule has 0 saturated carbocycles. The first-order chi connectivity index (χ1) is 15.9. The normalized spacial score (nSPS) is 10.8. The van der Waals surface area contributed by atoms with E-state index >= 15 is 0 Å². The van der Waals surface area contributed by atoms with E-state index in [-0.39, 0.29) is 18.3 Å². The van der Waals surface area contributed by atoms with Crippen LogP contribution in [-0.4, -0.2) is 33.5 Å². The first-order valence-electron chi connectivity index (χ1n) is 10.7. The Kier molecular flexibility index (Phi) is 8.54. The van der Waals surface area contributed by atoms with Gasteiger partial charge in [0.05, 0.1) is 12.9 Å². The predicted molar refractivity (Wildman–Crippen MR) is 132 cm³/mol. The molecule has 1 aromatic heterocycles. The van der Waals surface area contributed by atoms with Crippen molar-refractivity contribution >= 4 is 23.4 Å². The molecule has 2 aromatic carbocycles. The maximum absolute atomic E-state index is 12.4. The van der Waals surface area contributed by atoms with Gasteiger partial charge in [-0.05, 0) is 42.2 Å². The number of anilines is 1. The Bertz CT molecular complexity index is 1110. The van der Waals surface area contributed by atoms with Crippen molar-refractivity contribution in [3.8, 4) is 11.5 Å². The lowest BCUT2D eigenvalue weighted by Gasteiger charge is -2.15. The smallest absolute Gasteiger partial charge is 0.234 e. The van der Waals surface area contributed by atoms with E-state index in [0.29, 0.717) is 34.9 Å². The number of thioether (sulfide) groups is 1. The summed E-state index contributed by atoms with van der Waals surface area (Å²) in [6, 6.07) is 13.5. The van der Waals surface area contributed by atoms with E-state index in [0.717, 1.165) is 16.9 Å². The van der Waals surface area contributed by atoms with Gasteiger partial charge in [-0.2, -0.15) is 0 Å². The molecule has 7 nitrogen and oxygen atoms in total. The zero-order valence-electron chi connectivity index (χ0n) is 19.5. The summed E-state index contributed by atoms with van der Waals surface area (Å²) < 4.78 is 13.2. The van der Waals surface area contributed by atoms with Gasteiger partial charge in [0.1, 0.15) is 18.1 Å². The number of benzene rings is 2. The fourth-order valence-corrected chi connectivity index (χ4v) is 4.03. The molecule has 3 rings (SSSR count). The first-order valence-corrected chi connectivity index (χ1v) is 11.7. The summed E-state index contributed by atoms with van der Waals surface area (Å²) in [4.78, 5) is 12.4. The van der Waals surface area contributed by atoms with Crippen molar-refractivity contribution in [2.75, 3.05) is 18.2 Å². The van der Waals surface area contributed by atoms with Crippen LogP contribution in [0.25, 0.3) is 0 Å². The summed E-state index contributed by atoms with van der Waals surface area (Å²) in [5.74, 6) is 2.63. The number of rotatable bonds is 11. The third kappa shape index (κ3) is 6.61. The van der Waals surface area contributed by atoms with Crippen molar-refractivity contribution in [2.45, 2.75) is 45.0 Å². The Balaban J connectivity index is 1.66. The van der Waals surface area contributed by atoms with E-state index in [2.05, 4.69) is 48.1 Å². The number of ether oxygens (including phenoxy) is 2. The summed E-state index contributed by atoms with van der Waals surface area (Å²) in [6.07, 6.45) is 1.78. The minimum absolute atomic E-state index is 0.138. The summed E-state index contributed by atoms with van der Waals surface area (Å²) in [5.41, 5.74) is 2.97. The van der Waals surface area contributed by atoms with Crippen LogP contribution in [0.15, 0.2) is 60.3 Å². The lowest BCUT2D eigenvalue weighted by Crippen LogP contribution is -2.15. The molecular formula is C25H30N4O3S. The molecule has 33 heavy (non-hydrogen) atoms. The number of aryl methyl sites for hydroxylation is 1. The SMILES string of the molecule is C=CCn1c(COc2cc(C)ccc2C(C)C)nnc1SCC(=O)Nc1cccc(OC)c1. The van der Waals surface area contributed by atoms with E-state index in [9.17, 15) is 4.79 Å². The average molecular weight is 467 g/mol. The zero-order chi connectivity index (χ0) is 23.8. The molecule has 1 heterocycles. The molecule has 0 radical (unpaired) electrons. The largest absolute Gasteiger partial charge is 0.497 e. The number of methoxy groups -OCH3 is 1.